The molecule has 0 saturated carbocycles. The number of amides is 1. The van der Waals surface area contributed by atoms with E-state index in [4.69, 9.17) is 4.74 Å². The van der Waals surface area contributed by atoms with Crippen LogP contribution in [0.4, 0.5) is 5.69 Å². The molecule has 0 radical (unpaired) electrons. The van der Waals surface area contributed by atoms with Crippen LogP contribution in [0, 0.1) is 0 Å². The summed E-state index contributed by atoms with van der Waals surface area (Å²) in [6, 6.07) is 19.7. The number of aliphatic hydroxyl groups excluding tert-OH is 1. The molecule has 3 aromatic carbocycles. The Morgan fingerprint density at radius 3 is 2.36 bits per heavy atom. The van der Waals surface area contributed by atoms with Gasteiger partial charge < -0.3 is 25.6 Å². The lowest BCUT2D eigenvalue weighted by atomic mass is 9.93. The van der Waals surface area contributed by atoms with Crippen molar-refractivity contribution >= 4 is 21.6 Å². The summed E-state index contributed by atoms with van der Waals surface area (Å²) >= 11 is 0. The van der Waals surface area contributed by atoms with Gasteiger partial charge in [-0.25, -0.2) is 8.42 Å². The lowest BCUT2D eigenvalue weighted by Crippen LogP contribution is -2.43. The van der Waals surface area contributed by atoms with Gasteiger partial charge in [-0.2, -0.15) is 0 Å². The highest BCUT2D eigenvalue weighted by Gasteiger charge is 2.21. The molecule has 0 saturated heterocycles. The molecule has 0 aliphatic carbocycles. The minimum absolute atomic E-state index is 0.0122. The number of phenolic OH excluding ortho intramolecular Hbond substituents is 1. The van der Waals surface area contributed by atoms with E-state index in [0.29, 0.717) is 18.5 Å². The van der Waals surface area contributed by atoms with E-state index in [2.05, 4.69) is 15.4 Å². The van der Waals surface area contributed by atoms with Gasteiger partial charge >= 0.3 is 0 Å². The zero-order valence-corrected chi connectivity index (χ0v) is 23.5. The fraction of sp³-hybridized carbons (Fsp3) is 0.345. The zero-order valence-electron chi connectivity index (χ0n) is 22.7. The molecule has 3 rings (SSSR count). The third kappa shape index (κ3) is 9.90. The first kappa shape index (κ1) is 29.9. The molecule has 9 nitrogen and oxygen atoms in total. The summed E-state index contributed by atoms with van der Waals surface area (Å²) in [6.45, 7) is 4.68. The van der Waals surface area contributed by atoms with Crippen LogP contribution in [0.5, 0.6) is 11.5 Å². The number of rotatable bonds is 13. The topological polar surface area (TPSA) is 137 Å². The highest BCUT2D eigenvalue weighted by Crippen LogP contribution is 2.28. The van der Waals surface area contributed by atoms with Crippen molar-refractivity contribution in [2.75, 3.05) is 24.6 Å². The molecule has 0 unspecified atom stereocenters. The molecule has 210 valence electrons. The number of nitrogens with one attached hydrogen (secondary N) is 3. The van der Waals surface area contributed by atoms with E-state index < -0.39 is 16.1 Å². The normalized spacial score (nSPS) is 12.5. The highest BCUT2D eigenvalue weighted by molar-refractivity contribution is 7.92. The smallest absolute Gasteiger partial charge is 0.229 e. The summed E-state index contributed by atoms with van der Waals surface area (Å²) in [4.78, 5) is 12.5. The Labute approximate surface area is 230 Å². The number of carbonyl (C=O) groups is 1. The molecule has 0 fully saturated rings. The van der Waals surface area contributed by atoms with Gasteiger partial charge in [-0.15, -0.1) is 0 Å². The predicted octanol–water partition coefficient (Wildman–Crippen LogP) is 3.28. The van der Waals surface area contributed by atoms with E-state index in [1.807, 2.05) is 62.4 Å². The maximum absolute atomic E-state index is 12.5. The first-order valence-electron chi connectivity index (χ1n) is 12.5. The summed E-state index contributed by atoms with van der Waals surface area (Å²) in [7, 11) is -1.97. The number of aromatic hydroxyl groups is 1. The highest BCUT2D eigenvalue weighted by atomic mass is 32.2. The van der Waals surface area contributed by atoms with Gasteiger partial charge in [0.05, 0.1) is 31.6 Å². The summed E-state index contributed by atoms with van der Waals surface area (Å²) in [5.41, 5.74) is 3.03. The van der Waals surface area contributed by atoms with Gasteiger partial charge in [0.15, 0.2) is 0 Å². The SMILES string of the molecule is COc1ccc(CNC(=O)Cc2cccc(CC(C)(C)NC[C@@H](O)c3ccc(O)c(NS(C)(=O)=O)c3)c2)cc1. The largest absolute Gasteiger partial charge is 0.506 e. The number of ether oxygens (including phenoxy) is 1. The molecule has 0 aliphatic heterocycles. The Hall–Kier alpha value is -3.60. The monoisotopic (exact) mass is 555 g/mol. The van der Waals surface area contributed by atoms with Crippen molar-refractivity contribution in [3.63, 3.8) is 0 Å². The summed E-state index contributed by atoms with van der Waals surface area (Å²) in [6.07, 6.45) is 0.980. The fourth-order valence-electron chi connectivity index (χ4n) is 4.15. The number of aliphatic hydroxyl groups is 1. The molecule has 5 N–H and O–H groups in total. The molecule has 3 aromatic rings. The summed E-state index contributed by atoms with van der Waals surface area (Å²) < 4.78 is 30.5. The second-order valence-corrected chi connectivity index (χ2v) is 12.0. The fourth-order valence-corrected chi connectivity index (χ4v) is 4.71. The minimum Gasteiger partial charge on any atom is -0.506 e. The van der Waals surface area contributed by atoms with E-state index in [9.17, 15) is 23.4 Å². The first-order chi connectivity index (χ1) is 18.3. The second-order valence-electron chi connectivity index (χ2n) is 10.2. The van der Waals surface area contributed by atoms with Crippen molar-refractivity contribution in [1.82, 2.24) is 10.6 Å². The number of hydrogen-bond donors (Lipinski definition) is 5. The molecule has 0 heterocycles. The lowest BCUT2D eigenvalue weighted by molar-refractivity contribution is -0.120. The van der Waals surface area contributed by atoms with E-state index in [0.717, 1.165) is 28.7 Å². The quantitative estimate of drug-likeness (QED) is 0.204. The standard InChI is InChI=1S/C29H37N3O6S/c1-29(2,31-19-27(34)23-10-13-26(33)25(16-23)32-39(4,36)37)17-22-7-5-6-21(14-22)15-28(35)30-18-20-8-11-24(38-3)12-9-20/h5-14,16,27,31-34H,15,17-19H2,1-4H3,(H,30,35)/t27-/m1/s1. The Kier molecular flexibility index (Phi) is 9.96. The van der Waals surface area contributed by atoms with Gasteiger partial charge in [0.1, 0.15) is 11.5 Å². The zero-order chi connectivity index (χ0) is 28.6. The van der Waals surface area contributed by atoms with Crippen molar-refractivity contribution in [2.24, 2.45) is 0 Å². The molecule has 0 spiro atoms. The van der Waals surface area contributed by atoms with Crippen molar-refractivity contribution in [1.29, 1.82) is 0 Å². The van der Waals surface area contributed by atoms with Crippen molar-refractivity contribution in [3.8, 4) is 11.5 Å². The van der Waals surface area contributed by atoms with Gasteiger partial charge in [-0.3, -0.25) is 9.52 Å². The molecule has 10 heteroatoms. The maximum atomic E-state index is 12.5. The molecule has 39 heavy (non-hydrogen) atoms. The van der Waals surface area contributed by atoms with Crippen LogP contribution in [-0.2, 0) is 34.2 Å². The van der Waals surface area contributed by atoms with E-state index in [-0.39, 0.29) is 35.8 Å². The predicted molar refractivity (Wildman–Crippen MR) is 152 cm³/mol. The third-order valence-corrected chi connectivity index (χ3v) is 6.72. The maximum Gasteiger partial charge on any atom is 0.229 e. The van der Waals surface area contributed by atoms with Crippen LogP contribution in [-0.4, -0.2) is 50.0 Å². The van der Waals surface area contributed by atoms with Crippen LogP contribution in [0.25, 0.3) is 0 Å². The Morgan fingerprint density at radius 1 is 1.00 bits per heavy atom. The van der Waals surface area contributed by atoms with Crippen LogP contribution < -0.4 is 20.1 Å². The van der Waals surface area contributed by atoms with Crippen LogP contribution in [0.3, 0.4) is 0 Å². The Balaban J connectivity index is 1.54. The summed E-state index contributed by atoms with van der Waals surface area (Å²) in [5, 5.41) is 26.9. The third-order valence-electron chi connectivity index (χ3n) is 6.13. The number of sulfonamides is 1. The average Bonchev–Trinajstić information content (AvgIpc) is 2.87. The van der Waals surface area contributed by atoms with Gasteiger partial charge in [-0.05, 0) is 66.8 Å². The number of benzene rings is 3. The molecular formula is C29H37N3O6S. The van der Waals surface area contributed by atoms with Crippen molar-refractivity contribution in [3.05, 3.63) is 89.0 Å². The van der Waals surface area contributed by atoms with E-state index in [1.54, 1.807) is 13.2 Å². The number of anilines is 1. The van der Waals surface area contributed by atoms with Crippen LogP contribution in [0.1, 0.15) is 42.2 Å². The van der Waals surface area contributed by atoms with E-state index >= 15 is 0 Å². The lowest BCUT2D eigenvalue weighted by Gasteiger charge is -2.28. The average molecular weight is 556 g/mol. The molecule has 1 atom stereocenters. The van der Waals surface area contributed by atoms with Crippen molar-refractivity contribution < 1.29 is 28.2 Å². The number of phenols is 1. The molecular weight excluding hydrogens is 518 g/mol. The van der Waals surface area contributed by atoms with Crippen LogP contribution >= 0.6 is 0 Å². The molecule has 1 amide bonds. The van der Waals surface area contributed by atoms with Crippen LogP contribution in [0.15, 0.2) is 66.7 Å². The van der Waals surface area contributed by atoms with Crippen molar-refractivity contribution in [2.45, 2.75) is 44.9 Å². The first-order valence-corrected chi connectivity index (χ1v) is 14.4. The minimum atomic E-state index is -3.58. The second kappa shape index (κ2) is 13.0. The van der Waals surface area contributed by atoms with Gasteiger partial charge in [0, 0.05) is 18.6 Å². The van der Waals surface area contributed by atoms with E-state index in [1.165, 1.54) is 12.1 Å². The molecule has 0 aromatic heterocycles. The van der Waals surface area contributed by atoms with Gasteiger partial charge in [-0.1, -0.05) is 42.5 Å². The summed E-state index contributed by atoms with van der Waals surface area (Å²) in [5.74, 6) is 0.478. The van der Waals surface area contributed by atoms with Gasteiger partial charge in [0.2, 0.25) is 15.9 Å². The molecule has 0 aliphatic rings. The number of hydrogen-bond acceptors (Lipinski definition) is 7. The Morgan fingerprint density at radius 2 is 1.69 bits per heavy atom. The number of β-amino-alcohol motifs (C(OH)–C–C–N with tert-alkyl or cyclic N) is 1. The number of methoxy groups -OCH3 is 1. The molecule has 0 bridgehead atoms. The Bertz CT molecular complexity index is 1370. The van der Waals surface area contributed by atoms with Gasteiger partial charge in [0.25, 0.3) is 0 Å². The van der Waals surface area contributed by atoms with Crippen LogP contribution in [0.2, 0.25) is 0 Å². The number of carbonyl (C=O) groups excluding carboxylic acids is 1.